The van der Waals surface area contributed by atoms with Crippen LogP contribution in [0.5, 0.6) is 5.75 Å². The van der Waals surface area contributed by atoms with Crippen molar-refractivity contribution < 1.29 is 14.3 Å². The zero-order chi connectivity index (χ0) is 16.1. The van der Waals surface area contributed by atoms with Crippen LogP contribution in [0.25, 0.3) is 0 Å². The van der Waals surface area contributed by atoms with Crippen molar-refractivity contribution in [2.75, 3.05) is 7.11 Å². The fraction of sp³-hybridized carbons (Fsp3) is 0.278. The van der Waals surface area contributed by atoms with Gasteiger partial charge in [-0.2, -0.15) is 0 Å². The summed E-state index contributed by atoms with van der Waals surface area (Å²) >= 11 is 3.42. The summed E-state index contributed by atoms with van der Waals surface area (Å²) in [5.74, 6) is 0.879. The maximum Gasteiger partial charge on any atom is 0.338 e. The summed E-state index contributed by atoms with van der Waals surface area (Å²) in [5.41, 5.74) is 2.53. The Labute approximate surface area is 139 Å². The molecule has 0 radical (unpaired) electrons. The van der Waals surface area contributed by atoms with E-state index in [0.29, 0.717) is 18.1 Å². The van der Waals surface area contributed by atoms with Gasteiger partial charge in [-0.05, 0) is 41.8 Å². The van der Waals surface area contributed by atoms with E-state index in [1.165, 1.54) is 12.7 Å². The Hall–Kier alpha value is -1.81. The molecule has 0 amide bonds. The lowest BCUT2D eigenvalue weighted by molar-refractivity contribution is 0.0597. The van der Waals surface area contributed by atoms with E-state index >= 15 is 0 Å². The second kappa shape index (κ2) is 7.45. The highest BCUT2D eigenvalue weighted by Crippen LogP contribution is 2.23. The molecule has 0 aliphatic heterocycles. The fourth-order valence-electron chi connectivity index (χ4n) is 2.12. The normalized spacial score (nSPS) is 10.6. The van der Waals surface area contributed by atoms with Crippen LogP contribution in [-0.4, -0.2) is 13.1 Å². The van der Waals surface area contributed by atoms with Crippen molar-refractivity contribution >= 4 is 21.9 Å². The lowest BCUT2D eigenvalue weighted by Gasteiger charge is -2.12. The molecule has 2 aromatic rings. The Balaban J connectivity index is 2.19. The maximum absolute atomic E-state index is 11.8. The Morgan fingerprint density at radius 3 is 2.64 bits per heavy atom. The minimum absolute atomic E-state index is 0.311. The van der Waals surface area contributed by atoms with Crippen LogP contribution in [0.1, 0.15) is 41.3 Å². The standard InChI is InChI=1S/C18H19BrO3/c1-12(2)13-5-4-6-16(10-13)22-11-14-9-15(19)7-8-17(14)18(20)21-3/h4-10,12H,11H2,1-3H3. The Bertz CT molecular complexity index is 665. The third kappa shape index (κ3) is 4.10. The van der Waals surface area contributed by atoms with Gasteiger partial charge in [0.1, 0.15) is 12.4 Å². The molecule has 116 valence electrons. The molecular formula is C18H19BrO3. The van der Waals surface area contributed by atoms with Crippen LogP contribution in [0.4, 0.5) is 0 Å². The number of rotatable bonds is 5. The average Bonchev–Trinajstić information content (AvgIpc) is 2.52. The molecule has 0 saturated heterocycles. The highest BCUT2D eigenvalue weighted by molar-refractivity contribution is 9.10. The molecule has 0 atom stereocenters. The summed E-state index contributed by atoms with van der Waals surface area (Å²) in [6, 6.07) is 13.4. The predicted octanol–water partition coefficient (Wildman–Crippen LogP) is 4.94. The molecule has 0 N–H and O–H groups in total. The van der Waals surface area contributed by atoms with Crippen LogP contribution in [-0.2, 0) is 11.3 Å². The zero-order valence-electron chi connectivity index (χ0n) is 12.9. The Morgan fingerprint density at radius 1 is 1.18 bits per heavy atom. The van der Waals surface area contributed by atoms with Gasteiger partial charge in [0.05, 0.1) is 12.7 Å². The van der Waals surface area contributed by atoms with E-state index in [1.807, 2.05) is 30.3 Å². The van der Waals surface area contributed by atoms with E-state index in [4.69, 9.17) is 9.47 Å². The first kappa shape index (κ1) is 16.6. The number of benzene rings is 2. The van der Waals surface area contributed by atoms with Crippen molar-refractivity contribution in [1.82, 2.24) is 0 Å². The molecule has 0 spiro atoms. The molecule has 2 aromatic carbocycles. The minimum atomic E-state index is -0.359. The van der Waals surface area contributed by atoms with Gasteiger partial charge in [-0.1, -0.05) is 41.9 Å². The number of carbonyl (C=O) groups excluding carboxylic acids is 1. The highest BCUT2D eigenvalue weighted by Gasteiger charge is 2.13. The Kier molecular flexibility index (Phi) is 5.61. The quantitative estimate of drug-likeness (QED) is 0.706. The molecule has 0 aromatic heterocycles. The van der Waals surface area contributed by atoms with E-state index in [1.54, 1.807) is 6.07 Å². The minimum Gasteiger partial charge on any atom is -0.489 e. The molecule has 0 heterocycles. The van der Waals surface area contributed by atoms with Crippen LogP contribution < -0.4 is 4.74 Å². The molecule has 0 saturated carbocycles. The number of carbonyl (C=O) groups is 1. The zero-order valence-corrected chi connectivity index (χ0v) is 14.5. The number of ether oxygens (including phenoxy) is 2. The molecule has 0 bridgehead atoms. The molecule has 0 aliphatic carbocycles. The molecule has 22 heavy (non-hydrogen) atoms. The lowest BCUT2D eigenvalue weighted by atomic mass is 10.0. The second-order valence-corrected chi connectivity index (χ2v) is 6.22. The third-order valence-corrected chi connectivity index (χ3v) is 3.88. The Morgan fingerprint density at radius 2 is 1.95 bits per heavy atom. The van der Waals surface area contributed by atoms with Gasteiger partial charge in [0.25, 0.3) is 0 Å². The van der Waals surface area contributed by atoms with Crippen molar-refractivity contribution in [2.24, 2.45) is 0 Å². The van der Waals surface area contributed by atoms with Gasteiger partial charge < -0.3 is 9.47 Å². The second-order valence-electron chi connectivity index (χ2n) is 5.31. The van der Waals surface area contributed by atoms with Crippen LogP contribution in [0.15, 0.2) is 46.9 Å². The monoisotopic (exact) mass is 362 g/mol. The van der Waals surface area contributed by atoms with Gasteiger partial charge in [-0.25, -0.2) is 4.79 Å². The number of halogens is 1. The lowest BCUT2D eigenvalue weighted by Crippen LogP contribution is -2.08. The first-order valence-corrected chi connectivity index (χ1v) is 7.90. The SMILES string of the molecule is COC(=O)c1ccc(Br)cc1COc1cccc(C(C)C)c1. The number of esters is 1. The van der Waals surface area contributed by atoms with Gasteiger partial charge >= 0.3 is 5.97 Å². The van der Waals surface area contributed by atoms with Crippen molar-refractivity contribution in [3.63, 3.8) is 0 Å². The van der Waals surface area contributed by atoms with E-state index < -0.39 is 0 Å². The fourth-order valence-corrected chi connectivity index (χ4v) is 2.52. The van der Waals surface area contributed by atoms with Crippen molar-refractivity contribution in [3.8, 4) is 5.75 Å². The summed E-state index contributed by atoms with van der Waals surface area (Å²) in [6.07, 6.45) is 0. The van der Waals surface area contributed by atoms with E-state index in [9.17, 15) is 4.79 Å². The molecular weight excluding hydrogens is 344 g/mol. The van der Waals surface area contributed by atoms with Gasteiger partial charge in [-0.3, -0.25) is 0 Å². The molecule has 0 fully saturated rings. The van der Waals surface area contributed by atoms with Gasteiger partial charge in [0.15, 0.2) is 0 Å². The topological polar surface area (TPSA) is 35.5 Å². The first-order valence-electron chi connectivity index (χ1n) is 7.10. The van der Waals surface area contributed by atoms with Gasteiger partial charge in [-0.15, -0.1) is 0 Å². The van der Waals surface area contributed by atoms with Crippen LogP contribution in [0.3, 0.4) is 0 Å². The first-order chi connectivity index (χ1) is 10.5. The molecule has 2 rings (SSSR count). The summed E-state index contributed by atoms with van der Waals surface area (Å²) in [6.45, 7) is 4.59. The molecule has 0 unspecified atom stereocenters. The van der Waals surface area contributed by atoms with Crippen LogP contribution in [0.2, 0.25) is 0 Å². The molecule has 3 nitrogen and oxygen atoms in total. The number of hydrogen-bond donors (Lipinski definition) is 0. The van der Waals surface area contributed by atoms with E-state index in [2.05, 4.69) is 35.8 Å². The molecule has 4 heteroatoms. The van der Waals surface area contributed by atoms with Gasteiger partial charge in [0, 0.05) is 10.0 Å². The number of methoxy groups -OCH3 is 1. The maximum atomic E-state index is 11.8. The average molecular weight is 363 g/mol. The van der Waals surface area contributed by atoms with Crippen LogP contribution in [0, 0.1) is 0 Å². The van der Waals surface area contributed by atoms with Crippen molar-refractivity contribution in [3.05, 3.63) is 63.6 Å². The van der Waals surface area contributed by atoms with Crippen molar-refractivity contribution in [2.45, 2.75) is 26.4 Å². The van der Waals surface area contributed by atoms with Crippen LogP contribution >= 0.6 is 15.9 Å². The summed E-state index contributed by atoms with van der Waals surface area (Å²) in [4.78, 5) is 11.8. The van der Waals surface area contributed by atoms with E-state index in [0.717, 1.165) is 15.8 Å². The summed E-state index contributed by atoms with van der Waals surface area (Å²) < 4.78 is 11.6. The van der Waals surface area contributed by atoms with E-state index in [-0.39, 0.29) is 5.97 Å². The third-order valence-electron chi connectivity index (χ3n) is 3.39. The summed E-state index contributed by atoms with van der Waals surface area (Å²) in [7, 11) is 1.38. The summed E-state index contributed by atoms with van der Waals surface area (Å²) in [5, 5.41) is 0. The largest absolute Gasteiger partial charge is 0.489 e. The van der Waals surface area contributed by atoms with Crippen molar-refractivity contribution in [1.29, 1.82) is 0 Å². The number of hydrogen-bond acceptors (Lipinski definition) is 3. The van der Waals surface area contributed by atoms with Gasteiger partial charge in [0.2, 0.25) is 0 Å². The highest BCUT2D eigenvalue weighted by atomic mass is 79.9. The predicted molar refractivity (Wildman–Crippen MR) is 90.3 cm³/mol. The molecule has 0 aliphatic rings. The smallest absolute Gasteiger partial charge is 0.338 e.